The summed E-state index contributed by atoms with van der Waals surface area (Å²) < 4.78 is 1.70. The maximum Gasteiger partial charge on any atom is 0.313 e. The quantitative estimate of drug-likeness (QED) is 0.0994. The Kier molecular flexibility index (Phi) is 9.09. The normalized spacial score (nSPS) is 23.1. The Balaban J connectivity index is 1.37. The second-order valence-electron chi connectivity index (χ2n) is 8.93. The zero-order valence-electron chi connectivity index (χ0n) is 20.9. The lowest BCUT2D eigenvalue weighted by Gasteiger charge is -2.53. The third-order valence-corrected chi connectivity index (χ3v) is 9.76. The number of nitrogens with two attached hydrogens (primary N) is 1. The van der Waals surface area contributed by atoms with Gasteiger partial charge in [-0.15, -0.1) is 28.2 Å². The number of fused-ring (bicyclic) bond motifs is 1. The SMILES string of the molecule is CCCCCCn1nnnc1SCC1(C(=O)O)CS[C@@H]2C(NC(=O)C(=NOC)c3csc(N)n3)C(=O)N2C1. The molecule has 0 radical (unpaired) electrons. The second kappa shape index (κ2) is 12.3. The van der Waals surface area contributed by atoms with Gasteiger partial charge in [0.15, 0.2) is 10.8 Å². The van der Waals surface area contributed by atoms with Crippen LogP contribution in [-0.4, -0.2) is 95.3 Å². The molecule has 2 aliphatic rings. The maximum atomic E-state index is 13.0. The van der Waals surface area contributed by atoms with Gasteiger partial charge in [0.1, 0.15) is 29.6 Å². The molecule has 2 unspecified atom stereocenters. The average molecular weight is 584 g/mol. The van der Waals surface area contributed by atoms with Crippen molar-refractivity contribution in [3.05, 3.63) is 11.1 Å². The molecule has 4 heterocycles. The topological polar surface area (TPSA) is 191 Å². The van der Waals surface area contributed by atoms with Crippen molar-refractivity contribution < 1.29 is 24.3 Å². The van der Waals surface area contributed by atoms with Gasteiger partial charge in [0.05, 0.1) is 0 Å². The maximum absolute atomic E-state index is 13.0. The van der Waals surface area contributed by atoms with Crippen LogP contribution in [0.1, 0.15) is 38.3 Å². The zero-order valence-corrected chi connectivity index (χ0v) is 23.4. The van der Waals surface area contributed by atoms with E-state index >= 15 is 0 Å². The number of β-lactam (4-membered cyclic amide) rings is 1. The predicted molar refractivity (Wildman–Crippen MR) is 143 cm³/mol. The summed E-state index contributed by atoms with van der Waals surface area (Å²) in [7, 11) is 1.30. The summed E-state index contributed by atoms with van der Waals surface area (Å²) >= 11 is 3.75. The molecule has 0 spiro atoms. The lowest BCUT2D eigenvalue weighted by atomic mass is 9.89. The van der Waals surface area contributed by atoms with Crippen LogP contribution in [0, 0.1) is 5.41 Å². The monoisotopic (exact) mass is 583 g/mol. The highest BCUT2D eigenvalue weighted by atomic mass is 32.2. The number of carbonyl (C=O) groups is 3. The number of hydrogen-bond acceptors (Lipinski definition) is 13. The number of amides is 2. The number of carbonyl (C=O) groups excluding carboxylic acids is 2. The van der Waals surface area contributed by atoms with Gasteiger partial charge < -0.3 is 25.9 Å². The molecular formula is C21H29N9O5S3. The number of nitrogens with zero attached hydrogens (tertiary/aromatic N) is 7. The number of rotatable bonds is 13. The first-order valence-corrected chi connectivity index (χ1v) is 14.9. The summed E-state index contributed by atoms with van der Waals surface area (Å²) in [6, 6.07) is -0.819. The average Bonchev–Trinajstić information content (AvgIpc) is 3.55. The Morgan fingerprint density at radius 2 is 2.21 bits per heavy atom. The van der Waals surface area contributed by atoms with Crippen LogP contribution in [0.25, 0.3) is 0 Å². The number of nitrogen functional groups attached to an aromatic ring is 1. The van der Waals surface area contributed by atoms with Crippen LogP contribution in [0.2, 0.25) is 0 Å². The molecule has 2 saturated heterocycles. The van der Waals surface area contributed by atoms with Gasteiger partial charge in [-0.2, -0.15) is 0 Å². The molecule has 0 bridgehead atoms. The van der Waals surface area contributed by atoms with Gasteiger partial charge in [-0.25, -0.2) is 9.67 Å². The number of aliphatic carboxylic acids is 1. The first kappa shape index (κ1) is 28.1. The summed E-state index contributed by atoms with van der Waals surface area (Å²) in [6.45, 7) is 2.83. The first-order chi connectivity index (χ1) is 18.3. The summed E-state index contributed by atoms with van der Waals surface area (Å²) in [5, 5.41) is 30.4. The number of aryl methyl sites for hydroxylation is 1. The molecule has 2 amide bonds. The van der Waals surface area contributed by atoms with Gasteiger partial charge in [0, 0.05) is 30.0 Å². The molecule has 206 valence electrons. The lowest BCUT2D eigenvalue weighted by Crippen LogP contribution is -2.74. The van der Waals surface area contributed by atoms with E-state index in [4.69, 9.17) is 10.6 Å². The second-order valence-corrected chi connectivity index (χ2v) is 11.9. The van der Waals surface area contributed by atoms with Crippen LogP contribution >= 0.6 is 34.9 Å². The van der Waals surface area contributed by atoms with Crippen molar-refractivity contribution >= 4 is 63.5 Å². The van der Waals surface area contributed by atoms with Crippen molar-refractivity contribution in [1.29, 1.82) is 0 Å². The highest BCUT2D eigenvalue weighted by molar-refractivity contribution is 8.00. The lowest BCUT2D eigenvalue weighted by molar-refractivity contribution is -0.157. The number of thiazole rings is 1. The van der Waals surface area contributed by atoms with Crippen LogP contribution in [0.15, 0.2) is 15.7 Å². The van der Waals surface area contributed by atoms with Crippen LogP contribution in [0.3, 0.4) is 0 Å². The summed E-state index contributed by atoms with van der Waals surface area (Å²) in [5.74, 6) is -1.52. The fourth-order valence-corrected chi connectivity index (χ4v) is 7.45. The summed E-state index contributed by atoms with van der Waals surface area (Å²) in [4.78, 5) is 48.6. The van der Waals surface area contributed by atoms with E-state index in [2.05, 4.69) is 37.9 Å². The van der Waals surface area contributed by atoms with E-state index in [0.29, 0.717) is 11.7 Å². The number of tetrazole rings is 1. The van der Waals surface area contributed by atoms with Gasteiger partial charge in [0.2, 0.25) is 11.1 Å². The van der Waals surface area contributed by atoms with Gasteiger partial charge in [-0.3, -0.25) is 14.4 Å². The molecule has 4 rings (SSSR count). The van der Waals surface area contributed by atoms with Gasteiger partial charge in [-0.1, -0.05) is 43.1 Å². The first-order valence-electron chi connectivity index (χ1n) is 12.0. The molecule has 17 heteroatoms. The Hall–Kier alpha value is -2.92. The van der Waals surface area contributed by atoms with Crippen LogP contribution in [-0.2, 0) is 25.8 Å². The van der Waals surface area contributed by atoms with Gasteiger partial charge in [0.25, 0.3) is 5.91 Å². The van der Waals surface area contributed by atoms with E-state index in [9.17, 15) is 19.5 Å². The third kappa shape index (κ3) is 5.88. The summed E-state index contributed by atoms with van der Waals surface area (Å²) in [6.07, 6.45) is 4.27. The molecule has 3 atom stereocenters. The number of carboxylic acid groups (broad SMARTS) is 1. The molecule has 0 saturated carbocycles. The van der Waals surface area contributed by atoms with Crippen molar-refractivity contribution in [3.8, 4) is 0 Å². The van der Waals surface area contributed by atoms with Crippen molar-refractivity contribution in [2.45, 2.75) is 55.7 Å². The molecule has 2 aromatic heterocycles. The third-order valence-electron chi connectivity index (χ3n) is 6.25. The number of aromatic nitrogens is 5. The van der Waals surface area contributed by atoms with Crippen molar-refractivity contribution in [3.63, 3.8) is 0 Å². The van der Waals surface area contributed by atoms with E-state index in [1.807, 2.05) is 0 Å². The number of unbranched alkanes of at least 4 members (excludes halogenated alkanes) is 3. The number of anilines is 1. The van der Waals surface area contributed by atoms with Crippen LogP contribution in [0.4, 0.5) is 5.13 Å². The van der Waals surface area contributed by atoms with Gasteiger partial charge in [-0.05, 0) is 16.8 Å². The highest BCUT2D eigenvalue weighted by Crippen LogP contribution is 2.44. The Morgan fingerprint density at radius 3 is 2.89 bits per heavy atom. The molecular weight excluding hydrogens is 554 g/mol. The Labute approximate surface area is 231 Å². The fourth-order valence-electron chi connectivity index (χ4n) is 4.14. The molecule has 0 aromatic carbocycles. The summed E-state index contributed by atoms with van der Waals surface area (Å²) in [5.41, 5.74) is 4.61. The van der Waals surface area contributed by atoms with Crippen molar-refractivity contribution in [2.75, 3.05) is 30.9 Å². The number of oxime groups is 1. The minimum absolute atomic E-state index is 0.0257. The van der Waals surface area contributed by atoms with Crippen LogP contribution < -0.4 is 11.1 Å². The van der Waals surface area contributed by atoms with E-state index in [1.165, 1.54) is 35.5 Å². The molecule has 2 aromatic rings. The largest absolute Gasteiger partial charge is 0.481 e. The number of carboxylic acids is 1. The smallest absolute Gasteiger partial charge is 0.313 e. The van der Waals surface area contributed by atoms with Crippen molar-refractivity contribution in [1.82, 2.24) is 35.4 Å². The molecule has 0 aliphatic carbocycles. The molecule has 2 aliphatic heterocycles. The minimum atomic E-state index is -1.18. The van der Waals surface area contributed by atoms with E-state index in [1.54, 1.807) is 10.1 Å². The van der Waals surface area contributed by atoms with E-state index < -0.39 is 28.7 Å². The predicted octanol–water partition coefficient (Wildman–Crippen LogP) is 0.906. The molecule has 14 nitrogen and oxygen atoms in total. The Morgan fingerprint density at radius 1 is 1.39 bits per heavy atom. The van der Waals surface area contributed by atoms with E-state index in [-0.39, 0.29) is 40.5 Å². The minimum Gasteiger partial charge on any atom is -0.481 e. The van der Waals surface area contributed by atoms with Gasteiger partial charge >= 0.3 is 5.97 Å². The van der Waals surface area contributed by atoms with Crippen LogP contribution in [0.5, 0.6) is 0 Å². The number of hydrogen-bond donors (Lipinski definition) is 3. The zero-order chi connectivity index (χ0) is 27.3. The van der Waals surface area contributed by atoms with Crippen molar-refractivity contribution in [2.24, 2.45) is 10.6 Å². The standard InChI is InChI=1S/C21H29N9O5S3/c1-3-4-5-6-7-30-20(25-27-28-30)38-11-21(18(33)34)9-29-16(32)14(17(29)37-10-21)24-15(31)13(26-35-2)12-8-36-19(22)23-12/h8,14,17H,3-7,9-11H2,1-2H3,(H2,22,23)(H,24,31)(H,33,34)/t14?,17-,21?/m1/s1. The molecule has 2 fully saturated rings. The van der Waals surface area contributed by atoms with E-state index in [0.717, 1.165) is 37.0 Å². The molecule has 4 N–H and O–H groups in total. The highest BCUT2D eigenvalue weighted by Gasteiger charge is 2.57. The number of nitrogens with one attached hydrogen (secondary N) is 1. The molecule has 38 heavy (non-hydrogen) atoms. The Bertz CT molecular complexity index is 1200. The fraction of sp³-hybridized carbons (Fsp3) is 0.619. The number of thioether (sulfide) groups is 2.